The topological polar surface area (TPSA) is 74.6 Å². The van der Waals surface area contributed by atoms with Crippen LogP contribution >= 0.6 is 0 Å². The van der Waals surface area contributed by atoms with Crippen LogP contribution in [0.3, 0.4) is 0 Å². The van der Waals surface area contributed by atoms with Gasteiger partial charge in [-0.25, -0.2) is 0 Å². The smallest absolute Gasteiger partial charge is 0.190 e. The molecule has 0 aromatic heterocycles. The highest BCUT2D eigenvalue weighted by Crippen LogP contribution is 2.67. The molecule has 0 radical (unpaired) electrons. The van der Waals surface area contributed by atoms with Gasteiger partial charge in [-0.3, -0.25) is 9.59 Å². The lowest BCUT2D eigenvalue weighted by molar-refractivity contribution is -0.162. The minimum Gasteiger partial charge on any atom is -0.388 e. The van der Waals surface area contributed by atoms with Gasteiger partial charge in [-0.2, -0.15) is 0 Å². The summed E-state index contributed by atoms with van der Waals surface area (Å²) in [6.45, 7) is 5.87. The van der Waals surface area contributed by atoms with E-state index in [0.29, 0.717) is 18.8 Å². The van der Waals surface area contributed by atoms with Gasteiger partial charge in [-0.15, -0.1) is 0 Å². The molecule has 0 aromatic rings. The van der Waals surface area contributed by atoms with Gasteiger partial charge in [-0.05, 0) is 62.4 Å². The number of carbonyl (C=O) groups excluding carboxylic acids is 2. The van der Waals surface area contributed by atoms with Crippen LogP contribution in [-0.4, -0.2) is 34.0 Å². The summed E-state index contributed by atoms with van der Waals surface area (Å²) < 4.78 is 0. The van der Waals surface area contributed by atoms with Crippen LogP contribution in [0.2, 0.25) is 0 Å². The number of aliphatic hydroxyl groups excluding tert-OH is 1. The fourth-order valence-corrected chi connectivity index (χ4v) is 7.37. The number of rotatable bonds is 4. The van der Waals surface area contributed by atoms with E-state index in [0.717, 1.165) is 38.5 Å². The number of carbonyl (C=O) groups is 2. The average molecular weight is 387 g/mol. The summed E-state index contributed by atoms with van der Waals surface area (Å²) in [5, 5.41) is 21.4. The minimum absolute atomic E-state index is 0.0416. The molecule has 0 aromatic carbocycles. The highest BCUT2D eigenvalue weighted by Gasteiger charge is 2.67. The van der Waals surface area contributed by atoms with Gasteiger partial charge in [0.2, 0.25) is 0 Å². The molecule has 0 spiro atoms. The average Bonchev–Trinajstić information content (AvgIpc) is 2.90. The lowest BCUT2D eigenvalue weighted by Crippen LogP contribution is -2.58. The second-order valence-corrected chi connectivity index (χ2v) is 10.1. The van der Waals surface area contributed by atoms with E-state index in [4.69, 9.17) is 0 Å². The fraction of sp³-hybridized carbons (Fsp3) is 0.750. The van der Waals surface area contributed by atoms with Crippen molar-refractivity contribution in [1.29, 1.82) is 0 Å². The summed E-state index contributed by atoms with van der Waals surface area (Å²) in [5.41, 5.74) is 0.711. The van der Waals surface area contributed by atoms with Crippen molar-refractivity contribution < 1.29 is 19.8 Å². The van der Waals surface area contributed by atoms with Gasteiger partial charge in [0.1, 0.15) is 12.2 Å². The van der Waals surface area contributed by atoms with E-state index in [1.807, 2.05) is 6.08 Å². The third kappa shape index (κ3) is 2.43. The molecule has 0 aliphatic heterocycles. The highest BCUT2D eigenvalue weighted by atomic mass is 16.3. The van der Waals surface area contributed by atoms with Gasteiger partial charge < -0.3 is 10.2 Å². The van der Waals surface area contributed by atoms with Crippen molar-refractivity contribution in [3.8, 4) is 0 Å². The predicted octanol–water partition coefficient (Wildman–Crippen LogP) is 3.76. The molecule has 2 N–H and O–H groups in total. The zero-order valence-corrected chi connectivity index (χ0v) is 17.5. The van der Waals surface area contributed by atoms with Crippen LogP contribution in [0, 0.1) is 28.6 Å². The fourth-order valence-electron chi connectivity index (χ4n) is 7.37. The molecule has 2 saturated carbocycles. The first-order valence-corrected chi connectivity index (χ1v) is 11.0. The second kappa shape index (κ2) is 6.63. The van der Waals surface area contributed by atoms with E-state index in [1.54, 1.807) is 0 Å². The van der Waals surface area contributed by atoms with Crippen molar-refractivity contribution in [3.63, 3.8) is 0 Å². The van der Waals surface area contributed by atoms with Gasteiger partial charge in [0, 0.05) is 17.3 Å². The van der Waals surface area contributed by atoms with Crippen molar-refractivity contribution in [3.05, 3.63) is 23.3 Å². The molecule has 4 aliphatic rings. The predicted molar refractivity (Wildman–Crippen MR) is 108 cm³/mol. The summed E-state index contributed by atoms with van der Waals surface area (Å²) in [7, 11) is 0. The van der Waals surface area contributed by atoms with Gasteiger partial charge in [0.15, 0.2) is 11.6 Å². The Kier molecular flexibility index (Phi) is 4.74. The molecule has 4 heteroatoms. The molecule has 0 heterocycles. The Balaban J connectivity index is 1.77. The van der Waals surface area contributed by atoms with Crippen molar-refractivity contribution in [2.24, 2.45) is 28.6 Å². The maximum Gasteiger partial charge on any atom is 0.190 e. The van der Waals surface area contributed by atoms with E-state index in [-0.39, 0.29) is 23.0 Å². The molecule has 2 unspecified atom stereocenters. The summed E-state index contributed by atoms with van der Waals surface area (Å²) in [6, 6.07) is 0. The van der Waals surface area contributed by atoms with Crippen LogP contribution in [0.25, 0.3) is 0 Å². The third-order valence-electron chi connectivity index (χ3n) is 8.93. The lowest BCUT2D eigenvalue weighted by atomic mass is 9.50. The lowest BCUT2D eigenvalue weighted by Gasteiger charge is -2.54. The largest absolute Gasteiger partial charge is 0.388 e. The molecule has 4 nitrogen and oxygen atoms in total. The van der Waals surface area contributed by atoms with Gasteiger partial charge >= 0.3 is 0 Å². The van der Waals surface area contributed by atoms with Crippen molar-refractivity contribution in [1.82, 2.24) is 0 Å². The first-order valence-electron chi connectivity index (χ1n) is 11.0. The molecule has 6 atom stereocenters. The molecular formula is C24H34O4. The molecule has 154 valence electrons. The van der Waals surface area contributed by atoms with Gasteiger partial charge in [-0.1, -0.05) is 44.4 Å². The zero-order valence-electron chi connectivity index (χ0n) is 17.5. The molecule has 0 amide bonds. The van der Waals surface area contributed by atoms with Crippen LogP contribution in [0.4, 0.5) is 0 Å². The van der Waals surface area contributed by atoms with Crippen molar-refractivity contribution in [2.45, 2.75) is 77.7 Å². The van der Waals surface area contributed by atoms with Crippen molar-refractivity contribution in [2.75, 3.05) is 6.61 Å². The van der Waals surface area contributed by atoms with E-state index >= 15 is 0 Å². The monoisotopic (exact) mass is 386 g/mol. The van der Waals surface area contributed by atoms with E-state index in [9.17, 15) is 19.8 Å². The van der Waals surface area contributed by atoms with Gasteiger partial charge in [0.05, 0.1) is 0 Å². The summed E-state index contributed by atoms with van der Waals surface area (Å²) in [4.78, 5) is 24.8. The number of fused-ring (bicyclic) bond motifs is 5. The number of hydrogen-bond acceptors (Lipinski definition) is 4. The second-order valence-electron chi connectivity index (χ2n) is 10.1. The summed E-state index contributed by atoms with van der Waals surface area (Å²) >= 11 is 0. The summed E-state index contributed by atoms with van der Waals surface area (Å²) in [6.07, 6.45) is 10.8. The van der Waals surface area contributed by atoms with E-state index in [2.05, 4.69) is 26.8 Å². The number of allylic oxidation sites excluding steroid dienone is 4. The molecule has 28 heavy (non-hydrogen) atoms. The minimum atomic E-state index is -1.44. The Hall–Kier alpha value is -1.26. The molecule has 2 fully saturated rings. The number of ketones is 2. The maximum absolute atomic E-state index is 12.8. The summed E-state index contributed by atoms with van der Waals surface area (Å²) in [5.74, 6) is 0.366. The van der Waals surface area contributed by atoms with E-state index < -0.39 is 23.4 Å². The molecular weight excluding hydrogens is 352 g/mol. The quantitative estimate of drug-likeness (QED) is 0.722. The molecule has 0 bridgehead atoms. The number of hydrogen-bond donors (Lipinski definition) is 2. The first kappa shape index (κ1) is 20.0. The first-order chi connectivity index (χ1) is 13.2. The SMILES string of the molecule is CCC[C@@H]1CC2C3CCC4=CC(=O)CC[C@]4(C)C3=CC[C@]2(C)[C@@]1(O)C(=O)CO. The van der Waals surface area contributed by atoms with Crippen LogP contribution in [0.5, 0.6) is 0 Å². The normalized spacial score (nSPS) is 44.9. The zero-order chi connectivity index (χ0) is 20.3. The van der Waals surface area contributed by atoms with Crippen LogP contribution in [0.15, 0.2) is 23.3 Å². The Morgan fingerprint density at radius 1 is 1.29 bits per heavy atom. The molecule has 4 aliphatic carbocycles. The van der Waals surface area contributed by atoms with Crippen molar-refractivity contribution >= 4 is 11.6 Å². The van der Waals surface area contributed by atoms with Crippen LogP contribution in [0.1, 0.15) is 72.1 Å². The Morgan fingerprint density at radius 2 is 2.04 bits per heavy atom. The molecule has 0 saturated heterocycles. The number of aliphatic hydroxyl groups is 2. The standard InChI is InChI=1S/C24H34O4/c1-4-5-16-13-20-18-7-6-15-12-17(26)8-10-22(15,2)19(18)9-11-23(20,3)24(16,28)21(27)14-25/h9,12,16,18,20,25,28H,4-8,10-11,13-14H2,1-3H3/t16-,18?,20?,22+,23+,24+/m1/s1. The maximum atomic E-state index is 12.8. The van der Waals surface area contributed by atoms with Gasteiger partial charge in [0.25, 0.3) is 0 Å². The number of Topliss-reactive ketones (excluding diaryl/α,β-unsaturated/α-hetero) is 1. The van der Waals surface area contributed by atoms with E-state index in [1.165, 1.54) is 11.1 Å². The van der Waals surface area contributed by atoms with Crippen LogP contribution in [-0.2, 0) is 9.59 Å². The van der Waals surface area contributed by atoms with Crippen LogP contribution < -0.4 is 0 Å². The highest BCUT2D eigenvalue weighted by molar-refractivity contribution is 5.92. The Bertz CT molecular complexity index is 765. The molecule has 4 rings (SSSR count). The Labute approximate surface area is 168 Å². The Morgan fingerprint density at radius 3 is 2.71 bits per heavy atom. The third-order valence-corrected chi connectivity index (χ3v) is 8.93.